The Morgan fingerprint density at radius 1 is 1.02 bits per heavy atom. The van der Waals surface area contributed by atoms with Gasteiger partial charge in [-0.25, -0.2) is 0 Å². The van der Waals surface area contributed by atoms with Gasteiger partial charge in [0, 0.05) is 31.5 Å². The maximum Gasteiger partial charge on any atom is 0.323 e. The van der Waals surface area contributed by atoms with Gasteiger partial charge in [-0.2, -0.15) is 0 Å². The van der Waals surface area contributed by atoms with E-state index in [4.69, 9.17) is 18.9 Å². The summed E-state index contributed by atoms with van der Waals surface area (Å²) in [6.07, 6.45) is -0.386. The van der Waals surface area contributed by atoms with E-state index >= 15 is 0 Å². The Labute approximate surface area is 260 Å². The number of hydrogen-bond acceptors (Lipinski definition) is 9. The van der Waals surface area contributed by atoms with E-state index in [1.54, 1.807) is 0 Å². The average molecular weight is 611 g/mol. The SMILES string of the molecule is CC(=O)OC(C)C(=O)NCc1ccc(C2OC(CN3CCCC3C(=O)OC(C)(C)C)C(C)C(c3ccc(CO)cc3)O2)cc1. The Morgan fingerprint density at radius 2 is 1.66 bits per heavy atom. The molecule has 2 aromatic rings. The summed E-state index contributed by atoms with van der Waals surface area (Å²) in [5.41, 5.74) is 2.95. The monoisotopic (exact) mass is 610 g/mol. The first-order valence-electron chi connectivity index (χ1n) is 15.4. The number of rotatable bonds is 10. The van der Waals surface area contributed by atoms with Gasteiger partial charge in [0.2, 0.25) is 0 Å². The van der Waals surface area contributed by atoms with Crippen molar-refractivity contribution in [3.8, 4) is 0 Å². The predicted octanol–water partition coefficient (Wildman–Crippen LogP) is 4.34. The third-order valence-corrected chi connectivity index (χ3v) is 8.01. The Bertz CT molecular complexity index is 1270. The normalized spacial score (nSPS) is 24.8. The highest BCUT2D eigenvalue weighted by Gasteiger charge is 2.42. The zero-order valence-electron chi connectivity index (χ0n) is 26.6. The van der Waals surface area contributed by atoms with E-state index in [1.807, 2.05) is 69.3 Å². The van der Waals surface area contributed by atoms with E-state index in [-0.39, 0.29) is 49.2 Å². The summed E-state index contributed by atoms with van der Waals surface area (Å²) >= 11 is 0. The molecule has 6 unspecified atom stereocenters. The van der Waals surface area contributed by atoms with Crippen LogP contribution in [0.3, 0.4) is 0 Å². The first-order chi connectivity index (χ1) is 20.8. The van der Waals surface area contributed by atoms with Gasteiger partial charge in [-0.1, -0.05) is 55.5 Å². The van der Waals surface area contributed by atoms with Crippen molar-refractivity contribution < 1.29 is 38.4 Å². The third kappa shape index (κ3) is 8.88. The number of amides is 1. The van der Waals surface area contributed by atoms with Crippen LogP contribution in [0.15, 0.2) is 48.5 Å². The highest BCUT2D eigenvalue weighted by atomic mass is 16.7. The summed E-state index contributed by atoms with van der Waals surface area (Å²) in [5.74, 6) is -1.11. The summed E-state index contributed by atoms with van der Waals surface area (Å²) in [6, 6.07) is 15.1. The van der Waals surface area contributed by atoms with Gasteiger partial charge in [0.25, 0.3) is 5.91 Å². The Hall–Kier alpha value is -3.31. The fourth-order valence-corrected chi connectivity index (χ4v) is 5.67. The molecule has 0 aliphatic carbocycles. The molecule has 0 saturated carbocycles. The lowest BCUT2D eigenvalue weighted by Gasteiger charge is -2.43. The standard InChI is InChI=1S/C34H46N2O8/c1-21-29(19-36-17-7-8-28(36)32(40)44-34(4,5)6)42-33(43-30(21)26-13-11-25(20-37)12-14-26)27-15-9-24(10-16-27)18-35-31(39)22(2)41-23(3)38/h9-16,21-22,28-30,33,37H,7-8,17-20H2,1-6H3,(H,35,39). The molecule has 44 heavy (non-hydrogen) atoms. The molecule has 2 aliphatic heterocycles. The van der Waals surface area contributed by atoms with Crippen LogP contribution in [-0.2, 0) is 46.5 Å². The number of carbonyl (C=O) groups is 3. The van der Waals surface area contributed by atoms with Crippen LogP contribution < -0.4 is 5.32 Å². The second-order valence-corrected chi connectivity index (χ2v) is 12.7. The van der Waals surface area contributed by atoms with Crippen molar-refractivity contribution in [1.29, 1.82) is 0 Å². The van der Waals surface area contributed by atoms with E-state index in [0.29, 0.717) is 6.54 Å². The number of ether oxygens (including phenoxy) is 4. The first-order valence-corrected chi connectivity index (χ1v) is 15.4. The summed E-state index contributed by atoms with van der Waals surface area (Å²) in [5, 5.41) is 12.3. The smallest absolute Gasteiger partial charge is 0.323 e. The van der Waals surface area contributed by atoms with Gasteiger partial charge in [0.1, 0.15) is 11.6 Å². The van der Waals surface area contributed by atoms with Gasteiger partial charge in [-0.3, -0.25) is 19.3 Å². The lowest BCUT2D eigenvalue weighted by atomic mass is 9.90. The van der Waals surface area contributed by atoms with E-state index in [2.05, 4.69) is 17.1 Å². The molecular weight excluding hydrogens is 564 g/mol. The fraction of sp³-hybridized carbons (Fsp3) is 0.559. The second-order valence-electron chi connectivity index (χ2n) is 12.7. The first kappa shape index (κ1) is 33.6. The molecular formula is C34H46N2O8. The topological polar surface area (TPSA) is 124 Å². The van der Waals surface area contributed by atoms with Crippen molar-refractivity contribution in [2.45, 2.75) is 104 Å². The number of nitrogens with one attached hydrogen (secondary N) is 1. The minimum absolute atomic E-state index is 0.0280. The summed E-state index contributed by atoms with van der Waals surface area (Å²) in [7, 11) is 0. The maximum absolute atomic E-state index is 13.0. The van der Waals surface area contributed by atoms with Gasteiger partial charge < -0.3 is 29.4 Å². The third-order valence-electron chi connectivity index (χ3n) is 8.01. The summed E-state index contributed by atoms with van der Waals surface area (Å²) in [6.45, 7) is 12.1. The predicted molar refractivity (Wildman–Crippen MR) is 163 cm³/mol. The number of aliphatic hydroxyl groups is 1. The van der Waals surface area contributed by atoms with E-state index in [0.717, 1.165) is 41.6 Å². The van der Waals surface area contributed by atoms with Crippen LogP contribution >= 0.6 is 0 Å². The van der Waals surface area contributed by atoms with E-state index in [1.165, 1.54) is 13.8 Å². The summed E-state index contributed by atoms with van der Waals surface area (Å²) < 4.78 is 23.8. The van der Waals surface area contributed by atoms with Crippen LogP contribution in [-0.4, -0.2) is 64.8 Å². The van der Waals surface area contributed by atoms with Gasteiger partial charge in [0.05, 0.1) is 18.8 Å². The van der Waals surface area contributed by atoms with Crippen molar-refractivity contribution in [1.82, 2.24) is 10.2 Å². The van der Waals surface area contributed by atoms with E-state index < -0.39 is 24.0 Å². The lowest BCUT2D eigenvalue weighted by Crippen LogP contribution is -2.48. The lowest BCUT2D eigenvalue weighted by molar-refractivity contribution is -0.276. The molecule has 240 valence electrons. The van der Waals surface area contributed by atoms with Crippen LogP contribution in [0.4, 0.5) is 0 Å². The Kier molecular flexibility index (Phi) is 11.2. The number of nitrogens with zero attached hydrogens (tertiary/aromatic N) is 1. The molecule has 0 bridgehead atoms. The van der Waals surface area contributed by atoms with Crippen molar-refractivity contribution in [3.63, 3.8) is 0 Å². The molecule has 4 rings (SSSR count). The van der Waals surface area contributed by atoms with Crippen molar-refractivity contribution in [2.75, 3.05) is 13.1 Å². The second kappa shape index (κ2) is 14.6. The van der Waals surface area contributed by atoms with Crippen molar-refractivity contribution in [3.05, 3.63) is 70.8 Å². The number of likely N-dealkylation sites (tertiary alicyclic amines) is 1. The van der Waals surface area contributed by atoms with Gasteiger partial charge in [0.15, 0.2) is 12.4 Å². The molecule has 2 aliphatic rings. The number of benzene rings is 2. The molecule has 6 atom stereocenters. The molecule has 2 fully saturated rings. The molecule has 0 spiro atoms. The van der Waals surface area contributed by atoms with Crippen LogP contribution in [0.25, 0.3) is 0 Å². The number of esters is 2. The number of hydrogen-bond donors (Lipinski definition) is 2. The number of aliphatic hydroxyl groups excluding tert-OH is 1. The van der Waals surface area contributed by atoms with Crippen LogP contribution in [0.1, 0.15) is 89.0 Å². The quantitative estimate of drug-likeness (QED) is 0.378. The van der Waals surface area contributed by atoms with Gasteiger partial charge in [-0.05, 0) is 63.8 Å². The Balaban J connectivity index is 1.51. The summed E-state index contributed by atoms with van der Waals surface area (Å²) in [4.78, 5) is 38.6. The fourth-order valence-electron chi connectivity index (χ4n) is 5.67. The maximum atomic E-state index is 13.0. The van der Waals surface area contributed by atoms with Crippen LogP contribution in [0.2, 0.25) is 0 Å². The minimum Gasteiger partial charge on any atom is -0.459 e. The van der Waals surface area contributed by atoms with Gasteiger partial charge in [-0.15, -0.1) is 0 Å². The molecule has 10 nitrogen and oxygen atoms in total. The highest BCUT2D eigenvalue weighted by molar-refractivity contribution is 5.82. The Morgan fingerprint density at radius 3 is 2.27 bits per heavy atom. The highest BCUT2D eigenvalue weighted by Crippen LogP contribution is 2.42. The minimum atomic E-state index is -0.872. The molecule has 2 aromatic carbocycles. The van der Waals surface area contributed by atoms with Gasteiger partial charge >= 0.3 is 11.9 Å². The van der Waals surface area contributed by atoms with Crippen molar-refractivity contribution >= 4 is 17.8 Å². The number of carbonyl (C=O) groups excluding carboxylic acids is 3. The molecule has 10 heteroatoms. The van der Waals surface area contributed by atoms with Crippen LogP contribution in [0, 0.1) is 5.92 Å². The average Bonchev–Trinajstić information content (AvgIpc) is 3.44. The zero-order chi connectivity index (χ0) is 32.0. The molecule has 2 N–H and O–H groups in total. The largest absolute Gasteiger partial charge is 0.459 e. The molecule has 2 saturated heterocycles. The van der Waals surface area contributed by atoms with Crippen molar-refractivity contribution in [2.24, 2.45) is 5.92 Å². The zero-order valence-corrected chi connectivity index (χ0v) is 26.6. The molecule has 2 heterocycles. The molecule has 1 amide bonds. The van der Waals surface area contributed by atoms with Crippen LogP contribution in [0.5, 0.6) is 0 Å². The van der Waals surface area contributed by atoms with E-state index in [9.17, 15) is 19.5 Å². The molecule has 0 radical (unpaired) electrons. The molecule has 0 aromatic heterocycles.